The van der Waals surface area contributed by atoms with Crippen LogP contribution in [0.15, 0.2) is 24.3 Å². The number of rotatable bonds is 3. The second kappa shape index (κ2) is 8.63. The lowest BCUT2D eigenvalue weighted by atomic mass is 10.0. The molecular formula is C14H24Cl2N2. The van der Waals surface area contributed by atoms with Gasteiger partial charge in [0.1, 0.15) is 0 Å². The van der Waals surface area contributed by atoms with Crippen molar-refractivity contribution in [2.75, 3.05) is 24.5 Å². The summed E-state index contributed by atoms with van der Waals surface area (Å²) in [4.78, 5) is 2.49. The molecule has 1 aliphatic rings. The van der Waals surface area contributed by atoms with Gasteiger partial charge in [-0.3, -0.25) is 0 Å². The number of nitrogens with zero attached hydrogens (tertiary/aromatic N) is 1. The summed E-state index contributed by atoms with van der Waals surface area (Å²) in [7, 11) is 0. The van der Waals surface area contributed by atoms with Crippen LogP contribution in [-0.4, -0.2) is 19.6 Å². The molecule has 1 aromatic carbocycles. The topological polar surface area (TPSA) is 29.3 Å². The van der Waals surface area contributed by atoms with Crippen molar-refractivity contribution in [2.24, 2.45) is 5.73 Å². The summed E-state index contributed by atoms with van der Waals surface area (Å²) in [5.41, 5.74) is 8.39. The van der Waals surface area contributed by atoms with E-state index in [9.17, 15) is 0 Å². The van der Waals surface area contributed by atoms with Crippen molar-refractivity contribution in [3.8, 4) is 0 Å². The molecule has 1 fully saturated rings. The largest absolute Gasteiger partial charge is 0.372 e. The number of piperidine rings is 1. The van der Waals surface area contributed by atoms with Crippen LogP contribution in [-0.2, 0) is 0 Å². The molecule has 0 aliphatic carbocycles. The Morgan fingerprint density at radius 1 is 1.06 bits per heavy atom. The molecule has 104 valence electrons. The molecule has 0 aromatic heterocycles. The van der Waals surface area contributed by atoms with E-state index in [1.807, 2.05) is 0 Å². The van der Waals surface area contributed by atoms with Gasteiger partial charge in [0.05, 0.1) is 0 Å². The third-order valence-electron chi connectivity index (χ3n) is 3.54. The first-order valence-electron chi connectivity index (χ1n) is 6.36. The zero-order valence-corrected chi connectivity index (χ0v) is 12.6. The predicted molar refractivity (Wildman–Crippen MR) is 84.5 cm³/mol. The molecule has 0 amide bonds. The molecule has 0 saturated carbocycles. The predicted octanol–water partition coefficient (Wildman–Crippen LogP) is 3.58. The molecule has 0 bridgehead atoms. The number of benzene rings is 1. The normalized spacial score (nSPS) is 16.4. The van der Waals surface area contributed by atoms with Gasteiger partial charge in [0.2, 0.25) is 0 Å². The quantitative estimate of drug-likeness (QED) is 0.922. The van der Waals surface area contributed by atoms with Gasteiger partial charge >= 0.3 is 0 Å². The smallest absolute Gasteiger partial charge is 0.0366 e. The van der Waals surface area contributed by atoms with Crippen molar-refractivity contribution in [1.29, 1.82) is 0 Å². The highest BCUT2D eigenvalue weighted by molar-refractivity contribution is 5.85. The summed E-state index contributed by atoms with van der Waals surface area (Å²) in [5.74, 6) is 0.468. The Kier molecular flexibility index (Phi) is 8.41. The molecule has 0 spiro atoms. The molecule has 0 radical (unpaired) electrons. The standard InChI is InChI=1S/C14H22N2.2ClH/c1-12(11-15)13-5-7-14(8-6-13)16-9-3-2-4-10-16;;/h5-8,12H,2-4,9-11,15H2,1H3;2*1H. The van der Waals surface area contributed by atoms with Crippen LogP contribution in [0.2, 0.25) is 0 Å². The van der Waals surface area contributed by atoms with Gasteiger partial charge < -0.3 is 10.6 Å². The van der Waals surface area contributed by atoms with Gasteiger partial charge in [-0.1, -0.05) is 19.1 Å². The minimum absolute atomic E-state index is 0. The lowest BCUT2D eigenvalue weighted by Crippen LogP contribution is -2.29. The summed E-state index contributed by atoms with van der Waals surface area (Å²) in [6.45, 7) is 5.33. The van der Waals surface area contributed by atoms with Crippen LogP contribution in [0.5, 0.6) is 0 Å². The first kappa shape index (κ1) is 17.6. The Morgan fingerprint density at radius 3 is 2.11 bits per heavy atom. The van der Waals surface area contributed by atoms with Crippen LogP contribution in [0.4, 0.5) is 5.69 Å². The molecule has 2 N–H and O–H groups in total. The van der Waals surface area contributed by atoms with Crippen LogP contribution in [0.25, 0.3) is 0 Å². The maximum absolute atomic E-state index is 5.67. The lowest BCUT2D eigenvalue weighted by Gasteiger charge is -2.29. The molecule has 18 heavy (non-hydrogen) atoms. The van der Waals surface area contributed by atoms with Crippen LogP contribution in [0.3, 0.4) is 0 Å². The Morgan fingerprint density at radius 2 is 1.61 bits per heavy atom. The Bertz CT molecular complexity index is 321. The molecule has 1 aliphatic heterocycles. The van der Waals surface area contributed by atoms with Crippen LogP contribution in [0.1, 0.15) is 37.7 Å². The monoisotopic (exact) mass is 290 g/mol. The minimum Gasteiger partial charge on any atom is -0.372 e. The second-order valence-electron chi connectivity index (χ2n) is 4.78. The van der Waals surface area contributed by atoms with Gasteiger partial charge in [0.15, 0.2) is 0 Å². The molecule has 4 heteroatoms. The fourth-order valence-electron chi connectivity index (χ4n) is 2.30. The SMILES string of the molecule is CC(CN)c1ccc(N2CCCCC2)cc1.Cl.Cl. The molecule has 2 nitrogen and oxygen atoms in total. The molecule has 1 aromatic rings. The summed E-state index contributed by atoms with van der Waals surface area (Å²) in [5, 5.41) is 0. The van der Waals surface area contributed by atoms with Gasteiger partial charge in [-0.05, 0) is 49.4 Å². The van der Waals surface area contributed by atoms with Gasteiger partial charge in [0, 0.05) is 18.8 Å². The minimum atomic E-state index is 0. The number of hydrogen-bond acceptors (Lipinski definition) is 2. The van der Waals surface area contributed by atoms with Crippen molar-refractivity contribution in [1.82, 2.24) is 0 Å². The van der Waals surface area contributed by atoms with Crippen LogP contribution < -0.4 is 10.6 Å². The highest BCUT2D eigenvalue weighted by Crippen LogP contribution is 2.22. The van der Waals surface area contributed by atoms with Crippen molar-refractivity contribution >= 4 is 30.5 Å². The number of hydrogen-bond donors (Lipinski definition) is 1. The van der Waals surface area contributed by atoms with Gasteiger partial charge in [0.25, 0.3) is 0 Å². The zero-order valence-electron chi connectivity index (χ0n) is 11.0. The summed E-state index contributed by atoms with van der Waals surface area (Å²) < 4.78 is 0. The van der Waals surface area contributed by atoms with Gasteiger partial charge in [-0.2, -0.15) is 0 Å². The lowest BCUT2D eigenvalue weighted by molar-refractivity contribution is 0.578. The molecule has 1 unspecified atom stereocenters. The van der Waals surface area contributed by atoms with E-state index in [0.717, 1.165) is 6.54 Å². The van der Waals surface area contributed by atoms with E-state index in [1.165, 1.54) is 43.6 Å². The Hall–Kier alpha value is -0.440. The van der Waals surface area contributed by atoms with E-state index in [-0.39, 0.29) is 24.8 Å². The second-order valence-corrected chi connectivity index (χ2v) is 4.78. The maximum atomic E-state index is 5.67. The number of anilines is 1. The first-order valence-corrected chi connectivity index (χ1v) is 6.36. The van der Waals surface area contributed by atoms with Gasteiger partial charge in [-0.25, -0.2) is 0 Å². The van der Waals surface area contributed by atoms with Crippen molar-refractivity contribution < 1.29 is 0 Å². The molecule has 2 rings (SSSR count). The number of halogens is 2. The Balaban J connectivity index is 0.00000144. The fraction of sp³-hybridized carbons (Fsp3) is 0.571. The highest BCUT2D eigenvalue weighted by Gasteiger charge is 2.11. The molecule has 1 heterocycles. The third kappa shape index (κ3) is 4.34. The summed E-state index contributed by atoms with van der Waals surface area (Å²) in [6.07, 6.45) is 4.06. The van der Waals surface area contributed by atoms with Crippen molar-refractivity contribution in [3.05, 3.63) is 29.8 Å². The average Bonchev–Trinajstić information content (AvgIpc) is 2.39. The number of nitrogens with two attached hydrogens (primary N) is 1. The van der Waals surface area contributed by atoms with Gasteiger partial charge in [-0.15, -0.1) is 24.8 Å². The maximum Gasteiger partial charge on any atom is 0.0366 e. The van der Waals surface area contributed by atoms with Crippen molar-refractivity contribution in [3.63, 3.8) is 0 Å². The van der Waals surface area contributed by atoms with Crippen LogP contribution >= 0.6 is 24.8 Å². The van der Waals surface area contributed by atoms with E-state index in [1.54, 1.807) is 0 Å². The van der Waals surface area contributed by atoms with E-state index >= 15 is 0 Å². The molecular weight excluding hydrogens is 267 g/mol. The molecule has 1 saturated heterocycles. The van der Waals surface area contributed by atoms with Crippen LogP contribution in [0, 0.1) is 0 Å². The Labute approximate surface area is 123 Å². The van der Waals surface area contributed by atoms with Crippen molar-refractivity contribution in [2.45, 2.75) is 32.1 Å². The van der Waals surface area contributed by atoms with E-state index < -0.39 is 0 Å². The third-order valence-corrected chi connectivity index (χ3v) is 3.54. The van der Waals surface area contributed by atoms with E-state index in [4.69, 9.17) is 5.73 Å². The fourth-order valence-corrected chi connectivity index (χ4v) is 2.30. The van der Waals surface area contributed by atoms with E-state index in [2.05, 4.69) is 36.1 Å². The van der Waals surface area contributed by atoms with E-state index in [0.29, 0.717) is 5.92 Å². The summed E-state index contributed by atoms with van der Waals surface area (Å²) in [6, 6.07) is 8.93. The first-order chi connectivity index (χ1) is 7.81. The summed E-state index contributed by atoms with van der Waals surface area (Å²) >= 11 is 0. The average molecular weight is 291 g/mol. The highest BCUT2D eigenvalue weighted by atomic mass is 35.5. The molecule has 1 atom stereocenters. The zero-order chi connectivity index (χ0) is 11.4.